The van der Waals surface area contributed by atoms with E-state index in [2.05, 4.69) is 22.0 Å². The Morgan fingerprint density at radius 2 is 1.70 bits per heavy atom. The number of aryl methyl sites for hydroxylation is 1. The van der Waals surface area contributed by atoms with E-state index in [-0.39, 0.29) is 19.8 Å². The summed E-state index contributed by atoms with van der Waals surface area (Å²) >= 11 is 0. The second-order valence-electron chi connectivity index (χ2n) is 9.95. The number of amides is 2. The first-order valence-electron chi connectivity index (χ1n) is 14.0. The second kappa shape index (κ2) is 13.3. The van der Waals surface area contributed by atoms with Gasteiger partial charge in [0.1, 0.15) is 5.75 Å². The van der Waals surface area contributed by atoms with Crippen LogP contribution in [0.1, 0.15) is 54.9 Å². The number of nitrogens with one attached hydrogen (secondary N) is 1. The molecule has 0 spiro atoms. The summed E-state index contributed by atoms with van der Waals surface area (Å²) in [7, 11) is 1.99. The molecule has 4 rings (SSSR count). The van der Waals surface area contributed by atoms with Crippen molar-refractivity contribution in [3.63, 3.8) is 0 Å². The van der Waals surface area contributed by atoms with Crippen LogP contribution in [0.15, 0.2) is 72.9 Å². The minimum Gasteiger partial charge on any atom is -0.493 e. The summed E-state index contributed by atoms with van der Waals surface area (Å²) in [4.78, 5) is 28.1. The first-order chi connectivity index (χ1) is 19.4. The average molecular weight is 544 g/mol. The number of hydrogen-bond acceptors (Lipinski definition) is 4. The molecule has 0 saturated carbocycles. The molecule has 0 aliphatic heterocycles. The van der Waals surface area contributed by atoms with Crippen molar-refractivity contribution in [3.8, 4) is 16.9 Å². The van der Waals surface area contributed by atoms with Crippen LogP contribution in [0.2, 0.25) is 0 Å². The van der Waals surface area contributed by atoms with E-state index in [4.69, 9.17) is 4.74 Å². The maximum atomic E-state index is 13.6. The molecule has 1 heterocycles. The Bertz CT molecular complexity index is 1460. The number of para-hydroxylation sites is 1. The molecule has 7 heteroatoms. The van der Waals surface area contributed by atoms with Gasteiger partial charge in [0.05, 0.1) is 24.8 Å². The van der Waals surface area contributed by atoms with Gasteiger partial charge in [-0.3, -0.25) is 9.59 Å². The highest BCUT2D eigenvalue weighted by Gasteiger charge is 2.20. The fraction of sp³-hybridized carbons (Fsp3) is 0.333. The van der Waals surface area contributed by atoms with Crippen LogP contribution in [-0.4, -0.2) is 58.7 Å². The minimum absolute atomic E-state index is 0. The molecule has 7 nitrogen and oxygen atoms in total. The quantitative estimate of drug-likeness (QED) is 0.240. The SMILES string of the molecule is CCCOc1ccc(-c2ccc(C(=O)N(CC)CC)cc2)cc1C(=O)N[C@@H](CO)Cc1cn(C)c2ccccc12.[HH]. The number of carbonyl (C=O) groups excluding carboxylic acids is 2. The molecule has 0 unspecified atom stereocenters. The van der Waals surface area contributed by atoms with Crippen molar-refractivity contribution in [2.45, 2.75) is 39.7 Å². The van der Waals surface area contributed by atoms with Gasteiger partial charge in [0, 0.05) is 44.2 Å². The van der Waals surface area contributed by atoms with Gasteiger partial charge in [0.2, 0.25) is 0 Å². The van der Waals surface area contributed by atoms with Crippen LogP contribution < -0.4 is 10.1 Å². The molecule has 4 aromatic rings. The number of aliphatic hydroxyl groups is 1. The Labute approximate surface area is 237 Å². The van der Waals surface area contributed by atoms with E-state index in [0.717, 1.165) is 34.0 Å². The second-order valence-corrected chi connectivity index (χ2v) is 9.95. The molecule has 1 atom stereocenters. The maximum absolute atomic E-state index is 13.6. The topological polar surface area (TPSA) is 83.8 Å². The van der Waals surface area contributed by atoms with Crippen LogP contribution in [0.3, 0.4) is 0 Å². The maximum Gasteiger partial charge on any atom is 0.255 e. The Balaban J connectivity index is 0.00000462. The van der Waals surface area contributed by atoms with E-state index < -0.39 is 6.04 Å². The van der Waals surface area contributed by atoms with Crippen LogP contribution in [0.25, 0.3) is 22.0 Å². The van der Waals surface area contributed by atoms with Crippen molar-refractivity contribution < 1.29 is 20.9 Å². The Morgan fingerprint density at radius 1 is 1.00 bits per heavy atom. The van der Waals surface area contributed by atoms with Crippen LogP contribution in [0, 0.1) is 0 Å². The van der Waals surface area contributed by atoms with E-state index >= 15 is 0 Å². The van der Waals surface area contributed by atoms with Crippen molar-refractivity contribution in [3.05, 3.63) is 89.6 Å². The van der Waals surface area contributed by atoms with Crippen molar-refractivity contribution in [2.24, 2.45) is 7.05 Å². The van der Waals surface area contributed by atoms with Crippen LogP contribution in [-0.2, 0) is 13.5 Å². The summed E-state index contributed by atoms with van der Waals surface area (Å²) in [5.74, 6) is 0.194. The van der Waals surface area contributed by atoms with E-state index in [1.165, 1.54) is 0 Å². The molecule has 212 valence electrons. The number of rotatable bonds is 12. The highest BCUT2D eigenvalue weighted by molar-refractivity contribution is 5.99. The fourth-order valence-electron chi connectivity index (χ4n) is 5.00. The lowest BCUT2D eigenvalue weighted by molar-refractivity contribution is 0.0772. The first-order valence-corrected chi connectivity index (χ1v) is 14.0. The lowest BCUT2D eigenvalue weighted by atomic mass is 10.00. The number of carbonyl (C=O) groups is 2. The third-order valence-corrected chi connectivity index (χ3v) is 7.20. The number of fused-ring (bicyclic) bond motifs is 1. The summed E-state index contributed by atoms with van der Waals surface area (Å²) in [6, 6.07) is 20.6. The van der Waals surface area contributed by atoms with Gasteiger partial charge in [-0.05, 0) is 73.7 Å². The summed E-state index contributed by atoms with van der Waals surface area (Å²) in [6.45, 7) is 7.56. The molecular weight excluding hydrogens is 502 g/mol. The molecule has 2 N–H and O–H groups in total. The van der Waals surface area contributed by atoms with Gasteiger partial charge in [0.15, 0.2) is 0 Å². The molecular formula is C33H41N3O4. The summed E-state index contributed by atoms with van der Waals surface area (Å²) in [6.07, 6.45) is 3.35. The standard InChI is InChI=1S/C33H39N3O4.H2/c1-5-18-40-31-17-16-25(23-12-14-24(15-13-23)33(39)36(6-2)7-3)20-29(31)32(38)34-27(22-37)19-26-21-35(4)30-11-9-8-10-28(26)30;/h8-17,20-21,27,37H,5-7,18-19,22H2,1-4H3,(H,34,38);1H/t27-;/m1./s1. The number of nitrogens with zero attached hydrogens (tertiary/aromatic N) is 2. The predicted molar refractivity (Wildman–Crippen MR) is 162 cm³/mol. The third kappa shape index (κ3) is 6.37. The number of ether oxygens (including phenoxy) is 1. The van der Waals surface area contributed by atoms with E-state index in [1.54, 1.807) is 4.90 Å². The Kier molecular flexibility index (Phi) is 9.61. The smallest absolute Gasteiger partial charge is 0.255 e. The molecule has 3 aromatic carbocycles. The zero-order valence-corrected chi connectivity index (χ0v) is 23.8. The highest BCUT2D eigenvalue weighted by Crippen LogP contribution is 2.28. The molecule has 0 saturated heterocycles. The van der Waals surface area contributed by atoms with E-state index in [1.807, 2.05) is 88.6 Å². The Hall–Kier alpha value is -4.10. The molecule has 2 amide bonds. The molecule has 0 fully saturated rings. The first kappa shape index (κ1) is 28.9. The van der Waals surface area contributed by atoms with Crippen LogP contribution in [0.5, 0.6) is 5.75 Å². The molecule has 1 aromatic heterocycles. The van der Waals surface area contributed by atoms with Crippen LogP contribution >= 0.6 is 0 Å². The number of aliphatic hydroxyl groups excluding tert-OH is 1. The Morgan fingerprint density at radius 3 is 2.38 bits per heavy atom. The van der Waals surface area contributed by atoms with Gasteiger partial charge in [-0.2, -0.15) is 0 Å². The summed E-state index contributed by atoms with van der Waals surface area (Å²) < 4.78 is 7.98. The van der Waals surface area contributed by atoms with Gasteiger partial charge in [0.25, 0.3) is 11.8 Å². The number of hydrogen-bond donors (Lipinski definition) is 2. The number of benzene rings is 3. The summed E-state index contributed by atoms with van der Waals surface area (Å²) in [5, 5.41) is 14.3. The van der Waals surface area contributed by atoms with Gasteiger partial charge in [-0.15, -0.1) is 0 Å². The predicted octanol–water partition coefficient (Wildman–Crippen LogP) is 5.70. The molecule has 0 aliphatic rings. The van der Waals surface area contributed by atoms with Gasteiger partial charge in [-0.1, -0.05) is 43.3 Å². The van der Waals surface area contributed by atoms with Crippen LogP contribution in [0.4, 0.5) is 0 Å². The number of aromatic nitrogens is 1. The zero-order valence-electron chi connectivity index (χ0n) is 23.8. The highest BCUT2D eigenvalue weighted by atomic mass is 16.5. The molecule has 40 heavy (non-hydrogen) atoms. The molecule has 0 aliphatic carbocycles. The van der Waals surface area contributed by atoms with Crippen molar-refractivity contribution in [1.82, 2.24) is 14.8 Å². The summed E-state index contributed by atoms with van der Waals surface area (Å²) in [5.41, 5.74) is 4.94. The van der Waals surface area contributed by atoms with Gasteiger partial charge >= 0.3 is 0 Å². The van der Waals surface area contributed by atoms with Crippen molar-refractivity contribution >= 4 is 22.7 Å². The zero-order chi connectivity index (χ0) is 28.6. The minimum atomic E-state index is -0.466. The van der Waals surface area contributed by atoms with E-state index in [0.29, 0.717) is 43.0 Å². The normalized spacial score (nSPS) is 11.8. The lowest BCUT2D eigenvalue weighted by Crippen LogP contribution is -2.39. The van der Waals surface area contributed by atoms with Crippen molar-refractivity contribution in [1.29, 1.82) is 0 Å². The van der Waals surface area contributed by atoms with Gasteiger partial charge < -0.3 is 24.6 Å². The average Bonchev–Trinajstić information content (AvgIpc) is 3.31. The molecule has 0 bridgehead atoms. The lowest BCUT2D eigenvalue weighted by Gasteiger charge is -2.19. The van der Waals surface area contributed by atoms with E-state index in [9.17, 15) is 14.7 Å². The fourth-order valence-corrected chi connectivity index (χ4v) is 5.00. The van der Waals surface area contributed by atoms with Crippen molar-refractivity contribution in [2.75, 3.05) is 26.3 Å². The molecule has 0 radical (unpaired) electrons. The third-order valence-electron chi connectivity index (χ3n) is 7.20. The largest absolute Gasteiger partial charge is 0.493 e. The monoisotopic (exact) mass is 543 g/mol. The van der Waals surface area contributed by atoms with Gasteiger partial charge in [-0.25, -0.2) is 0 Å².